The topological polar surface area (TPSA) is 63.6 Å². The summed E-state index contributed by atoms with van der Waals surface area (Å²) in [7, 11) is -3.03. The average Bonchev–Trinajstić information content (AvgIpc) is 2.18. The number of aliphatic hydroxyl groups is 1. The Labute approximate surface area is 110 Å². The van der Waals surface area contributed by atoms with Crippen LogP contribution in [0.3, 0.4) is 0 Å². The first kappa shape index (κ1) is 14.5. The summed E-state index contributed by atoms with van der Waals surface area (Å²) in [5.74, 6) is 0.467. The Bertz CT molecular complexity index is 482. The van der Waals surface area contributed by atoms with E-state index in [1.807, 2.05) is 0 Å². The number of hydrogen-bond acceptors (Lipinski definition) is 4. The second-order valence-electron chi connectivity index (χ2n) is 3.84. The molecule has 0 aromatic heterocycles. The summed E-state index contributed by atoms with van der Waals surface area (Å²) < 4.78 is 28.1. The molecule has 1 unspecified atom stereocenters. The second-order valence-corrected chi connectivity index (χ2v) is 7.01. The number of ether oxygens (including phenoxy) is 1. The van der Waals surface area contributed by atoms with Gasteiger partial charge < -0.3 is 9.84 Å². The number of aliphatic hydroxyl groups excluding tert-OH is 1. The van der Waals surface area contributed by atoms with Crippen molar-refractivity contribution in [2.24, 2.45) is 0 Å². The van der Waals surface area contributed by atoms with Crippen molar-refractivity contribution in [3.05, 3.63) is 28.2 Å². The van der Waals surface area contributed by atoms with Crippen molar-refractivity contribution < 1.29 is 18.3 Å². The molecule has 0 bridgehead atoms. The zero-order chi connectivity index (χ0) is 13.1. The lowest BCUT2D eigenvalue weighted by molar-refractivity contribution is 0.192. The van der Waals surface area contributed by atoms with Gasteiger partial charge in [0.25, 0.3) is 0 Å². The predicted octanol–water partition coefficient (Wildman–Crippen LogP) is 1.93. The Kier molecular flexibility index (Phi) is 4.97. The molecule has 0 saturated carbocycles. The quantitative estimate of drug-likeness (QED) is 0.899. The third-order valence-corrected chi connectivity index (χ3v) is 3.54. The summed E-state index contributed by atoms with van der Waals surface area (Å²) in [6, 6.07) is 5.23. The van der Waals surface area contributed by atoms with Gasteiger partial charge in [0.2, 0.25) is 0 Å². The minimum atomic E-state index is -3.03. The third-order valence-electron chi connectivity index (χ3n) is 2.13. The van der Waals surface area contributed by atoms with Gasteiger partial charge in [-0.2, -0.15) is 0 Å². The molecule has 0 aliphatic carbocycles. The highest BCUT2D eigenvalue weighted by atomic mass is 79.9. The minimum absolute atomic E-state index is 0.0394. The minimum Gasteiger partial charge on any atom is -0.492 e. The van der Waals surface area contributed by atoms with Gasteiger partial charge in [0.15, 0.2) is 9.84 Å². The highest BCUT2D eigenvalue weighted by Gasteiger charge is 2.11. The highest BCUT2D eigenvalue weighted by Crippen LogP contribution is 2.28. The van der Waals surface area contributed by atoms with Crippen LogP contribution in [-0.2, 0) is 9.84 Å². The summed E-state index contributed by atoms with van der Waals surface area (Å²) in [6.07, 6.45) is 0.494. The second kappa shape index (κ2) is 5.84. The van der Waals surface area contributed by atoms with Gasteiger partial charge in [-0.25, -0.2) is 8.42 Å². The standard InChI is InChI=1S/C11H15BrO4S/c1-8(13)10-7-9(12)3-4-11(10)16-5-6-17(2,14)15/h3-4,7-8,13H,5-6H2,1-2H3. The fraction of sp³-hybridized carbons (Fsp3) is 0.455. The number of rotatable bonds is 5. The van der Waals surface area contributed by atoms with Gasteiger partial charge in [0.1, 0.15) is 12.4 Å². The molecule has 0 radical (unpaired) electrons. The van der Waals surface area contributed by atoms with Crippen molar-refractivity contribution in [2.75, 3.05) is 18.6 Å². The average molecular weight is 323 g/mol. The zero-order valence-corrected chi connectivity index (χ0v) is 12.1. The Morgan fingerprint density at radius 2 is 2.12 bits per heavy atom. The van der Waals surface area contributed by atoms with Crippen LogP contribution >= 0.6 is 15.9 Å². The molecule has 1 atom stereocenters. The molecule has 0 saturated heterocycles. The Morgan fingerprint density at radius 1 is 1.47 bits per heavy atom. The largest absolute Gasteiger partial charge is 0.492 e. The lowest BCUT2D eigenvalue weighted by atomic mass is 10.1. The Morgan fingerprint density at radius 3 is 2.65 bits per heavy atom. The summed E-state index contributed by atoms with van der Waals surface area (Å²) in [5.41, 5.74) is 0.632. The molecule has 1 aromatic rings. The van der Waals surface area contributed by atoms with Crippen molar-refractivity contribution in [1.29, 1.82) is 0 Å². The van der Waals surface area contributed by atoms with Gasteiger partial charge in [0.05, 0.1) is 11.9 Å². The van der Waals surface area contributed by atoms with Crippen LogP contribution < -0.4 is 4.74 Å². The van der Waals surface area contributed by atoms with Crippen LogP contribution in [0.5, 0.6) is 5.75 Å². The highest BCUT2D eigenvalue weighted by molar-refractivity contribution is 9.10. The SMILES string of the molecule is CC(O)c1cc(Br)ccc1OCCS(C)(=O)=O. The van der Waals surface area contributed by atoms with E-state index in [0.29, 0.717) is 11.3 Å². The predicted molar refractivity (Wildman–Crippen MR) is 70.0 cm³/mol. The summed E-state index contributed by atoms with van der Waals surface area (Å²) in [6.45, 7) is 1.71. The van der Waals surface area contributed by atoms with Crippen molar-refractivity contribution >= 4 is 25.8 Å². The molecule has 0 heterocycles. The van der Waals surface area contributed by atoms with Gasteiger partial charge in [-0.3, -0.25) is 0 Å². The van der Waals surface area contributed by atoms with E-state index in [1.54, 1.807) is 25.1 Å². The molecule has 6 heteroatoms. The maximum absolute atomic E-state index is 11.0. The molecule has 96 valence electrons. The van der Waals surface area contributed by atoms with E-state index in [0.717, 1.165) is 10.7 Å². The summed E-state index contributed by atoms with van der Waals surface area (Å²) >= 11 is 3.30. The molecular weight excluding hydrogens is 308 g/mol. The van der Waals surface area contributed by atoms with Gasteiger partial charge in [0, 0.05) is 16.3 Å². The summed E-state index contributed by atoms with van der Waals surface area (Å²) in [4.78, 5) is 0. The molecule has 0 aliphatic rings. The van der Waals surface area contributed by atoms with E-state index in [9.17, 15) is 13.5 Å². The lowest BCUT2D eigenvalue weighted by Gasteiger charge is -2.13. The number of halogens is 1. The maximum Gasteiger partial charge on any atom is 0.150 e. The number of sulfone groups is 1. The normalized spacial score (nSPS) is 13.4. The Balaban J connectivity index is 2.77. The van der Waals surface area contributed by atoms with E-state index < -0.39 is 15.9 Å². The van der Waals surface area contributed by atoms with E-state index in [1.165, 1.54) is 0 Å². The monoisotopic (exact) mass is 322 g/mol. The van der Waals surface area contributed by atoms with Gasteiger partial charge in [-0.1, -0.05) is 15.9 Å². The van der Waals surface area contributed by atoms with Crippen molar-refractivity contribution in [2.45, 2.75) is 13.0 Å². The van der Waals surface area contributed by atoms with Gasteiger partial charge in [-0.15, -0.1) is 0 Å². The Hall–Kier alpha value is -0.590. The number of benzene rings is 1. The fourth-order valence-corrected chi connectivity index (χ4v) is 2.05. The molecule has 1 rings (SSSR count). The fourth-order valence-electron chi connectivity index (χ4n) is 1.28. The smallest absolute Gasteiger partial charge is 0.150 e. The van der Waals surface area contributed by atoms with E-state index in [2.05, 4.69) is 15.9 Å². The van der Waals surface area contributed by atoms with Crippen LogP contribution in [0.25, 0.3) is 0 Å². The first-order valence-corrected chi connectivity index (χ1v) is 7.93. The third kappa shape index (κ3) is 5.06. The van der Waals surface area contributed by atoms with Crippen LogP contribution in [0.1, 0.15) is 18.6 Å². The molecule has 1 N–H and O–H groups in total. The zero-order valence-electron chi connectivity index (χ0n) is 9.68. The van der Waals surface area contributed by atoms with Crippen molar-refractivity contribution in [1.82, 2.24) is 0 Å². The van der Waals surface area contributed by atoms with Gasteiger partial charge >= 0.3 is 0 Å². The van der Waals surface area contributed by atoms with Crippen molar-refractivity contribution in [3.8, 4) is 5.75 Å². The van der Waals surface area contributed by atoms with Crippen molar-refractivity contribution in [3.63, 3.8) is 0 Å². The van der Waals surface area contributed by atoms with Crippen LogP contribution in [0.2, 0.25) is 0 Å². The molecule has 0 spiro atoms. The molecule has 1 aromatic carbocycles. The molecule has 0 fully saturated rings. The van der Waals surface area contributed by atoms with E-state index in [-0.39, 0.29) is 12.4 Å². The molecule has 0 amide bonds. The first-order chi connectivity index (χ1) is 7.79. The van der Waals surface area contributed by atoms with E-state index >= 15 is 0 Å². The van der Waals surface area contributed by atoms with Crippen LogP contribution in [0.15, 0.2) is 22.7 Å². The first-order valence-electron chi connectivity index (χ1n) is 5.07. The van der Waals surface area contributed by atoms with E-state index in [4.69, 9.17) is 4.74 Å². The molecular formula is C11H15BrO4S. The van der Waals surface area contributed by atoms with Crippen LogP contribution in [0.4, 0.5) is 0 Å². The summed E-state index contributed by atoms with van der Waals surface area (Å²) in [5, 5.41) is 9.57. The number of hydrogen-bond donors (Lipinski definition) is 1. The van der Waals surface area contributed by atoms with Crippen LogP contribution in [-0.4, -0.2) is 32.1 Å². The molecule has 4 nitrogen and oxygen atoms in total. The van der Waals surface area contributed by atoms with Crippen LogP contribution in [0, 0.1) is 0 Å². The maximum atomic E-state index is 11.0. The molecule has 17 heavy (non-hydrogen) atoms. The lowest BCUT2D eigenvalue weighted by Crippen LogP contribution is -2.13. The molecule has 0 aliphatic heterocycles. The van der Waals surface area contributed by atoms with Gasteiger partial charge in [-0.05, 0) is 25.1 Å².